The standard InChI is InChI=1S/C18H17N3/c1-2-5-14(6-3-1)13-19-16-8-4-7-15-10-12-21-17(18(15)16)9-11-20-21/h1-9,11,19H,10,12-13H2. The summed E-state index contributed by atoms with van der Waals surface area (Å²) in [7, 11) is 0. The van der Waals surface area contributed by atoms with Crippen LogP contribution in [0.15, 0.2) is 60.8 Å². The Balaban J connectivity index is 1.68. The van der Waals surface area contributed by atoms with E-state index in [0.29, 0.717) is 0 Å². The maximum absolute atomic E-state index is 4.40. The lowest BCUT2D eigenvalue weighted by Crippen LogP contribution is -2.13. The van der Waals surface area contributed by atoms with Crippen LogP contribution in [0, 0.1) is 0 Å². The second-order valence-electron chi connectivity index (χ2n) is 5.37. The lowest BCUT2D eigenvalue weighted by Gasteiger charge is -2.21. The minimum atomic E-state index is 0.839. The third kappa shape index (κ3) is 2.21. The summed E-state index contributed by atoms with van der Waals surface area (Å²) < 4.78 is 2.09. The fourth-order valence-electron chi connectivity index (χ4n) is 3.00. The van der Waals surface area contributed by atoms with Crippen molar-refractivity contribution in [1.82, 2.24) is 9.78 Å². The van der Waals surface area contributed by atoms with Crippen LogP contribution in [0.3, 0.4) is 0 Å². The van der Waals surface area contributed by atoms with Gasteiger partial charge in [-0.25, -0.2) is 0 Å². The summed E-state index contributed by atoms with van der Waals surface area (Å²) in [6, 6.07) is 19.1. The zero-order valence-corrected chi connectivity index (χ0v) is 11.8. The van der Waals surface area contributed by atoms with Crippen LogP contribution >= 0.6 is 0 Å². The molecule has 0 radical (unpaired) electrons. The molecule has 2 heterocycles. The van der Waals surface area contributed by atoms with Gasteiger partial charge in [-0.15, -0.1) is 0 Å². The molecule has 104 valence electrons. The first kappa shape index (κ1) is 12.2. The number of fused-ring (bicyclic) bond motifs is 3. The normalized spacial score (nSPS) is 12.6. The summed E-state index contributed by atoms with van der Waals surface area (Å²) in [6.45, 7) is 1.81. The monoisotopic (exact) mass is 275 g/mol. The van der Waals surface area contributed by atoms with E-state index < -0.39 is 0 Å². The van der Waals surface area contributed by atoms with E-state index in [-0.39, 0.29) is 0 Å². The average Bonchev–Trinajstić information content (AvgIpc) is 3.02. The summed E-state index contributed by atoms with van der Waals surface area (Å²) in [5, 5.41) is 7.98. The van der Waals surface area contributed by atoms with Gasteiger partial charge in [-0.05, 0) is 29.7 Å². The molecular formula is C18H17N3. The molecule has 0 saturated carbocycles. The third-order valence-electron chi connectivity index (χ3n) is 4.04. The van der Waals surface area contributed by atoms with Crippen molar-refractivity contribution in [3.8, 4) is 11.3 Å². The number of benzene rings is 2. The Bertz CT molecular complexity index is 759. The van der Waals surface area contributed by atoms with Crippen molar-refractivity contribution in [3.05, 3.63) is 71.9 Å². The third-order valence-corrected chi connectivity index (χ3v) is 4.04. The first-order valence-corrected chi connectivity index (χ1v) is 7.34. The lowest BCUT2D eigenvalue weighted by atomic mass is 9.96. The molecule has 1 aromatic heterocycles. The number of hydrogen-bond donors (Lipinski definition) is 1. The van der Waals surface area contributed by atoms with E-state index in [2.05, 4.69) is 63.6 Å². The van der Waals surface area contributed by atoms with Gasteiger partial charge in [0, 0.05) is 30.5 Å². The highest BCUT2D eigenvalue weighted by Gasteiger charge is 2.19. The Morgan fingerprint density at radius 2 is 1.90 bits per heavy atom. The van der Waals surface area contributed by atoms with E-state index in [1.807, 2.05) is 12.3 Å². The molecule has 1 N–H and O–H groups in total. The van der Waals surface area contributed by atoms with Crippen LogP contribution in [0.4, 0.5) is 5.69 Å². The van der Waals surface area contributed by atoms with Crippen molar-refractivity contribution in [2.45, 2.75) is 19.5 Å². The zero-order chi connectivity index (χ0) is 14.1. The molecular weight excluding hydrogens is 258 g/mol. The van der Waals surface area contributed by atoms with E-state index >= 15 is 0 Å². The summed E-state index contributed by atoms with van der Waals surface area (Å²) in [6.07, 6.45) is 2.93. The molecule has 0 saturated heterocycles. The Morgan fingerprint density at radius 1 is 1.00 bits per heavy atom. The van der Waals surface area contributed by atoms with Gasteiger partial charge < -0.3 is 5.32 Å². The minimum Gasteiger partial charge on any atom is -0.380 e. The van der Waals surface area contributed by atoms with Crippen molar-refractivity contribution in [1.29, 1.82) is 0 Å². The molecule has 3 nitrogen and oxygen atoms in total. The van der Waals surface area contributed by atoms with Crippen molar-refractivity contribution in [2.24, 2.45) is 0 Å². The number of aromatic nitrogens is 2. The van der Waals surface area contributed by atoms with Gasteiger partial charge in [-0.2, -0.15) is 5.10 Å². The van der Waals surface area contributed by atoms with E-state index in [4.69, 9.17) is 0 Å². The number of aryl methyl sites for hydroxylation is 2. The van der Waals surface area contributed by atoms with Crippen molar-refractivity contribution in [2.75, 3.05) is 5.32 Å². The molecule has 0 fully saturated rings. The van der Waals surface area contributed by atoms with Crippen LogP contribution in [0.1, 0.15) is 11.1 Å². The first-order chi connectivity index (χ1) is 10.4. The van der Waals surface area contributed by atoms with E-state index in [0.717, 1.165) is 19.5 Å². The maximum atomic E-state index is 4.40. The molecule has 3 aromatic rings. The summed E-state index contributed by atoms with van der Waals surface area (Å²) in [5.41, 5.74) is 6.41. The number of rotatable bonds is 3. The second kappa shape index (κ2) is 5.09. The highest BCUT2D eigenvalue weighted by molar-refractivity contribution is 5.79. The highest BCUT2D eigenvalue weighted by atomic mass is 15.3. The van der Waals surface area contributed by atoms with Gasteiger partial charge in [-0.3, -0.25) is 4.68 Å². The highest BCUT2D eigenvalue weighted by Crippen LogP contribution is 2.35. The predicted octanol–water partition coefficient (Wildman–Crippen LogP) is 3.72. The first-order valence-electron chi connectivity index (χ1n) is 7.34. The van der Waals surface area contributed by atoms with Crippen molar-refractivity contribution >= 4 is 5.69 Å². The average molecular weight is 275 g/mol. The Labute approximate surface area is 124 Å². The van der Waals surface area contributed by atoms with Crippen LogP contribution in [0.5, 0.6) is 0 Å². The fourth-order valence-corrected chi connectivity index (χ4v) is 3.00. The molecule has 0 bridgehead atoms. The molecule has 0 spiro atoms. The molecule has 1 aliphatic heterocycles. The van der Waals surface area contributed by atoms with E-state index in [1.54, 1.807) is 0 Å². The second-order valence-corrected chi connectivity index (χ2v) is 5.37. The summed E-state index contributed by atoms with van der Waals surface area (Å²) in [5.74, 6) is 0. The number of nitrogens with zero attached hydrogens (tertiary/aromatic N) is 2. The van der Waals surface area contributed by atoms with Crippen molar-refractivity contribution in [3.63, 3.8) is 0 Å². The maximum Gasteiger partial charge on any atom is 0.0705 e. The topological polar surface area (TPSA) is 29.9 Å². The quantitative estimate of drug-likeness (QED) is 0.789. The predicted molar refractivity (Wildman–Crippen MR) is 85.1 cm³/mol. The van der Waals surface area contributed by atoms with Gasteiger partial charge in [-0.1, -0.05) is 42.5 Å². The van der Waals surface area contributed by atoms with Gasteiger partial charge in [0.05, 0.1) is 5.69 Å². The van der Waals surface area contributed by atoms with Gasteiger partial charge >= 0.3 is 0 Å². The van der Waals surface area contributed by atoms with Crippen LogP contribution in [0.2, 0.25) is 0 Å². The molecule has 2 aromatic carbocycles. The molecule has 3 heteroatoms. The Morgan fingerprint density at radius 3 is 2.81 bits per heavy atom. The molecule has 4 rings (SSSR count). The van der Waals surface area contributed by atoms with Crippen LogP contribution in [0.25, 0.3) is 11.3 Å². The molecule has 0 aliphatic carbocycles. The molecule has 21 heavy (non-hydrogen) atoms. The number of nitrogens with one attached hydrogen (secondary N) is 1. The van der Waals surface area contributed by atoms with Gasteiger partial charge in [0.25, 0.3) is 0 Å². The fraction of sp³-hybridized carbons (Fsp3) is 0.167. The lowest BCUT2D eigenvalue weighted by molar-refractivity contribution is 0.607. The summed E-state index contributed by atoms with van der Waals surface area (Å²) in [4.78, 5) is 0. The van der Waals surface area contributed by atoms with E-state index in [9.17, 15) is 0 Å². The summed E-state index contributed by atoms with van der Waals surface area (Å²) >= 11 is 0. The smallest absolute Gasteiger partial charge is 0.0705 e. The molecule has 1 aliphatic rings. The Kier molecular flexibility index (Phi) is 2.96. The van der Waals surface area contributed by atoms with Crippen LogP contribution in [-0.4, -0.2) is 9.78 Å². The number of anilines is 1. The zero-order valence-electron chi connectivity index (χ0n) is 11.8. The minimum absolute atomic E-state index is 0.839. The Hall–Kier alpha value is -2.55. The van der Waals surface area contributed by atoms with Crippen molar-refractivity contribution < 1.29 is 0 Å². The van der Waals surface area contributed by atoms with Crippen LogP contribution in [-0.2, 0) is 19.5 Å². The molecule has 0 atom stereocenters. The molecule has 0 unspecified atom stereocenters. The van der Waals surface area contributed by atoms with E-state index in [1.165, 1.54) is 28.1 Å². The van der Waals surface area contributed by atoms with Gasteiger partial charge in [0.2, 0.25) is 0 Å². The largest absolute Gasteiger partial charge is 0.380 e. The molecule has 0 amide bonds. The van der Waals surface area contributed by atoms with Gasteiger partial charge in [0.15, 0.2) is 0 Å². The number of hydrogen-bond acceptors (Lipinski definition) is 2. The SMILES string of the molecule is c1ccc(CNc2cccc3c2-c2ccnn2CC3)cc1. The van der Waals surface area contributed by atoms with Crippen LogP contribution < -0.4 is 5.32 Å². The van der Waals surface area contributed by atoms with Gasteiger partial charge in [0.1, 0.15) is 0 Å².